The highest BCUT2D eigenvalue weighted by Crippen LogP contribution is 2.44. The first-order valence-electron chi connectivity index (χ1n) is 21.0. The average Bonchev–Trinajstić information content (AvgIpc) is 3.62. The average molecular weight is 633 g/mol. The number of rotatable bonds is 4. The van der Waals surface area contributed by atoms with Crippen LogP contribution in [0.15, 0.2) is 186 Å². The molecule has 10 rings (SSSR count). The molecule has 0 spiro atoms. The van der Waals surface area contributed by atoms with Crippen LogP contribution in [0.5, 0.6) is 0 Å². The predicted molar refractivity (Wildman–Crippen MR) is 208 cm³/mol. The molecule has 1 heterocycles. The van der Waals surface area contributed by atoms with Gasteiger partial charge in [-0.25, -0.2) is 0 Å². The zero-order valence-corrected chi connectivity index (χ0v) is 26.0. The summed E-state index contributed by atoms with van der Waals surface area (Å²) in [6.45, 7) is 0. The summed E-state index contributed by atoms with van der Waals surface area (Å²) in [6.07, 6.45) is 0. The van der Waals surface area contributed by atoms with Crippen molar-refractivity contribution in [3.05, 3.63) is 182 Å². The topological polar surface area (TPSA) is 13.1 Å². The molecule has 0 saturated carbocycles. The van der Waals surface area contributed by atoms with Gasteiger partial charge in [-0.3, -0.25) is 0 Å². The van der Waals surface area contributed by atoms with Crippen LogP contribution < -0.4 is 0 Å². The minimum atomic E-state index is -0.587. The highest BCUT2D eigenvalue weighted by Gasteiger charge is 2.17. The van der Waals surface area contributed by atoms with E-state index >= 15 is 0 Å². The standard InChI is InChI=1S/C48H30O/c1-2-11-34-28-36(25-22-31(34)10-1)35-12-9-13-38(29-35)48-42-17-5-3-15-40(42)47(41-16-4-6-18-43(41)48)33-23-20-32(21-24-33)37-26-27-46-44(30-37)39-14-7-8-19-45(39)49-46/h1-30H/i1D,2D,10D,11D,12D,13D,22D,25D,28D,29D. The molecule has 1 heteroatoms. The minimum Gasteiger partial charge on any atom is -0.456 e. The third-order valence-electron chi connectivity index (χ3n) is 9.25. The first-order valence-corrected chi connectivity index (χ1v) is 16.0. The predicted octanol–water partition coefficient (Wildman–Crippen LogP) is 13.7. The molecule has 0 aliphatic rings. The van der Waals surface area contributed by atoms with Gasteiger partial charge in [0.25, 0.3) is 0 Å². The smallest absolute Gasteiger partial charge is 0.135 e. The van der Waals surface area contributed by atoms with E-state index in [2.05, 4.69) is 42.5 Å². The van der Waals surface area contributed by atoms with Gasteiger partial charge in [-0.1, -0.05) is 151 Å². The Morgan fingerprint density at radius 3 is 1.63 bits per heavy atom. The van der Waals surface area contributed by atoms with Crippen LogP contribution >= 0.6 is 0 Å². The fraction of sp³-hybridized carbons (Fsp3) is 0. The van der Waals surface area contributed by atoms with Gasteiger partial charge in [0.2, 0.25) is 0 Å². The first-order chi connectivity index (χ1) is 28.5. The van der Waals surface area contributed by atoms with Gasteiger partial charge < -0.3 is 4.42 Å². The van der Waals surface area contributed by atoms with Gasteiger partial charge in [-0.05, 0) is 107 Å². The monoisotopic (exact) mass is 632 g/mol. The number of para-hydroxylation sites is 1. The van der Waals surface area contributed by atoms with Crippen molar-refractivity contribution < 1.29 is 18.1 Å². The van der Waals surface area contributed by atoms with Crippen molar-refractivity contribution in [3.63, 3.8) is 0 Å². The number of hydrogen-bond donors (Lipinski definition) is 0. The van der Waals surface area contributed by atoms with Gasteiger partial charge >= 0.3 is 0 Å². The van der Waals surface area contributed by atoms with Crippen LogP contribution in [0, 0.1) is 0 Å². The highest BCUT2D eigenvalue weighted by molar-refractivity contribution is 6.21. The summed E-state index contributed by atoms with van der Waals surface area (Å²) in [7, 11) is 0. The van der Waals surface area contributed by atoms with Gasteiger partial charge in [0.1, 0.15) is 11.2 Å². The van der Waals surface area contributed by atoms with E-state index < -0.39 is 42.3 Å². The molecule has 0 atom stereocenters. The van der Waals surface area contributed by atoms with E-state index in [4.69, 9.17) is 14.0 Å². The van der Waals surface area contributed by atoms with Crippen molar-refractivity contribution in [2.75, 3.05) is 0 Å². The van der Waals surface area contributed by atoms with Gasteiger partial charge in [-0.2, -0.15) is 0 Å². The Morgan fingerprint density at radius 1 is 0.347 bits per heavy atom. The third kappa shape index (κ3) is 4.55. The maximum absolute atomic E-state index is 9.68. The fourth-order valence-electron chi connectivity index (χ4n) is 7.00. The molecule has 0 N–H and O–H groups in total. The van der Waals surface area contributed by atoms with Crippen molar-refractivity contribution in [1.29, 1.82) is 0 Å². The van der Waals surface area contributed by atoms with Crippen LogP contribution in [0.3, 0.4) is 0 Å². The van der Waals surface area contributed by atoms with Crippen LogP contribution in [-0.4, -0.2) is 0 Å². The molecule has 49 heavy (non-hydrogen) atoms. The van der Waals surface area contributed by atoms with Crippen LogP contribution in [-0.2, 0) is 0 Å². The van der Waals surface area contributed by atoms with E-state index in [1.807, 2.05) is 72.8 Å². The number of benzene rings is 9. The summed E-state index contributed by atoms with van der Waals surface area (Å²) >= 11 is 0. The van der Waals surface area contributed by atoms with Crippen molar-refractivity contribution in [2.45, 2.75) is 0 Å². The Kier molecular flexibility index (Phi) is 4.39. The molecule has 0 amide bonds. The summed E-state index contributed by atoms with van der Waals surface area (Å²) in [5, 5.41) is 4.82. The molecule has 0 bridgehead atoms. The zero-order chi connectivity index (χ0) is 41.0. The summed E-state index contributed by atoms with van der Waals surface area (Å²) < 4.78 is 94.4. The van der Waals surface area contributed by atoms with Gasteiger partial charge in [0.15, 0.2) is 0 Å². The Labute approximate surface area is 298 Å². The van der Waals surface area contributed by atoms with Gasteiger partial charge in [0.05, 0.1) is 13.7 Å². The van der Waals surface area contributed by atoms with E-state index in [9.17, 15) is 4.11 Å². The number of fused-ring (bicyclic) bond motifs is 6. The lowest BCUT2D eigenvalue weighted by Crippen LogP contribution is -1.91. The van der Waals surface area contributed by atoms with Crippen molar-refractivity contribution in [1.82, 2.24) is 0 Å². The third-order valence-corrected chi connectivity index (χ3v) is 9.25. The fourth-order valence-corrected chi connectivity index (χ4v) is 7.00. The Bertz CT molecular complexity index is 3390. The first kappa shape index (κ1) is 19.4. The van der Waals surface area contributed by atoms with E-state index in [0.717, 1.165) is 65.7 Å². The SMILES string of the molecule is [2H]c1cc([2H])c(-c2c3ccccc3c(-c3ccc(-c4ccc5oc6ccccc6c5c4)cc3)c3ccccc23)c([2H])c1-c1c([2H])c([2H])c2c([2H])c([2H])c([2H])c([2H])c2c1[2H]. The van der Waals surface area contributed by atoms with Gasteiger partial charge in [0, 0.05) is 10.8 Å². The van der Waals surface area contributed by atoms with E-state index in [0.29, 0.717) is 5.56 Å². The second kappa shape index (κ2) is 11.1. The second-order valence-corrected chi connectivity index (χ2v) is 12.0. The molecule has 0 unspecified atom stereocenters. The molecule has 10 aromatic rings. The normalized spacial score (nSPS) is 14.5. The number of furan rings is 1. The summed E-state index contributed by atoms with van der Waals surface area (Å²) in [5.41, 5.74) is 5.99. The van der Waals surface area contributed by atoms with Crippen molar-refractivity contribution >= 4 is 54.3 Å². The lowest BCUT2D eigenvalue weighted by Gasteiger charge is -2.18. The summed E-state index contributed by atoms with van der Waals surface area (Å²) in [5.74, 6) is 0. The van der Waals surface area contributed by atoms with Crippen LogP contribution in [0.1, 0.15) is 13.7 Å². The maximum atomic E-state index is 9.68. The Hall–Kier alpha value is -6.44. The molecular weight excluding hydrogens is 593 g/mol. The minimum absolute atomic E-state index is 0.106. The van der Waals surface area contributed by atoms with Crippen molar-refractivity contribution in [2.24, 2.45) is 0 Å². The summed E-state index contributed by atoms with van der Waals surface area (Å²) in [6, 6.07) is 34.9. The van der Waals surface area contributed by atoms with E-state index in [1.165, 1.54) is 6.07 Å². The van der Waals surface area contributed by atoms with Crippen LogP contribution in [0.2, 0.25) is 0 Å². The second-order valence-electron chi connectivity index (χ2n) is 12.0. The molecule has 0 fully saturated rings. The molecule has 0 saturated heterocycles. The lowest BCUT2D eigenvalue weighted by molar-refractivity contribution is 0.669. The zero-order valence-electron chi connectivity index (χ0n) is 36.0. The lowest BCUT2D eigenvalue weighted by atomic mass is 9.85. The Balaban J connectivity index is 1.19. The van der Waals surface area contributed by atoms with Crippen LogP contribution in [0.25, 0.3) is 98.8 Å². The largest absolute Gasteiger partial charge is 0.456 e. The maximum Gasteiger partial charge on any atom is 0.135 e. The van der Waals surface area contributed by atoms with Crippen molar-refractivity contribution in [3.8, 4) is 44.5 Å². The molecule has 0 radical (unpaired) electrons. The van der Waals surface area contributed by atoms with E-state index in [-0.39, 0.29) is 45.6 Å². The molecule has 0 aliphatic carbocycles. The van der Waals surface area contributed by atoms with Crippen LogP contribution in [0.4, 0.5) is 0 Å². The Morgan fingerprint density at radius 2 is 0.898 bits per heavy atom. The molecular formula is C48H30O. The highest BCUT2D eigenvalue weighted by atomic mass is 16.3. The van der Waals surface area contributed by atoms with E-state index in [1.54, 1.807) is 0 Å². The summed E-state index contributed by atoms with van der Waals surface area (Å²) in [4.78, 5) is 0. The molecule has 0 aliphatic heterocycles. The number of hydrogen-bond acceptors (Lipinski definition) is 1. The quantitative estimate of drug-likeness (QED) is 0.176. The molecule has 1 nitrogen and oxygen atoms in total. The molecule has 9 aromatic carbocycles. The molecule has 228 valence electrons. The molecule has 1 aromatic heterocycles. The van der Waals surface area contributed by atoms with Gasteiger partial charge in [-0.15, -0.1) is 0 Å².